The summed E-state index contributed by atoms with van der Waals surface area (Å²) >= 11 is 1.84. The van der Waals surface area contributed by atoms with Crippen LogP contribution >= 0.6 is 22.6 Å². The van der Waals surface area contributed by atoms with Gasteiger partial charge in [-0.05, 0) is 57.6 Å². The average Bonchev–Trinajstić information content (AvgIpc) is 2.71. The van der Waals surface area contributed by atoms with E-state index in [0.29, 0.717) is 8.96 Å². The van der Waals surface area contributed by atoms with E-state index in [4.69, 9.17) is 9.29 Å². The van der Waals surface area contributed by atoms with Crippen molar-refractivity contribution in [1.29, 1.82) is 0 Å². The number of alkyl halides is 3. The number of carbonyl (C=O) groups excluding carboxylic acids is 2. The fourth-order valence-electron chi connectivity index (χ4n) is 2.89. The van der Waals surface area contributed by atoms with Crippen molar-refractivity contribution in [2.45, 2.75) is 12.3 Å². The van der Waals surface area contributed by atoms with Crippen LogP contribution in [0.5, 0.6) is 5.75 Å². The summed E-state index contributed by atoms with van der Waals surface area (Å²) in [6, 6.07) is 15.5. The van der Waals surface area contributed by atoms with Gasteiger partial charge >= 0.3 is 18.1 Å². The van der Waals surface area contributed by atoms with Gasteiger partial charge in [-0.2, -0.15) is 21.6 Å². The second-order valence-corrected chi connectivity index (χ2v) is 9.48. The zero-order chi connectivity index (χ0) is 24.4. The van der Waals surface area contributed by atoms with Gasteiger partial charge in [0, 0.05) is 3.57 Å². The number of hydrogen-bond acceptors (Lipinski definition) is 6. The van der Waals surface area contributed by atoms with Crippen LogP contribution in [0, 0.1) is 3.57 Å². The largest absolute Gasteiger partial charge is 0.448 e. The predicted molar refractivity (Wildman–Crippen MR) is 120 cm³/mol. The Morgan fingerprint density at radius 2 is 1.64 bits per heavy atom. The molecule has 0 spiro atoms. The first-order chi connectivity index (χ1) is 15.3. The van der Waals surface area contributed by atoms with E-state index in [1.54, 1.807) is 36.4 Å². The Balaban J connectivity index is 1.93. The summed E-state index contributed by atoms with van der Waals surface area (Å²) in [4.78, 5) is 25.3. The minimum atomic E-state index is -5.27. The third kappa shape index (κ3) is 6.42. The summed E-state index contributed by atoms with van der Waals surface area (Å²) in [5, 5.41) is 1.30. The maximum Gasteiger partial charge on any atom is 0.426 e. The van der Waals surface area contributed by atoms with E-state index in [0.717, 1.165) is 11.5 Å². The normalized spacial score (nSPS) is 12.9. The Hall–Kier alpha value is -2.71. The van der Waals surface area contributed by atoms with Crippen molar-refractivity contribution in [2.75, 3.05) is 5.75 Å². The Morgan fingerprint density at radius 3 is 2.30 bits per heavy atom. The lowest BCUT2D eigenvalue weighted by Crippen LogP contribution is -2.39. The smallest absolute Gasteiger partial charge is 0.426 e. The van der Waals surface area contributed by atoms with E-state index < -0.39 is 45.7 Å². The molecule has 1 unspecified atom stereocenters. The number of esters is 2. The van der Waals surface area contributed by atoms with E-state index in [-0.39, 0.29) is 11.3 Å². The standard InChI is InChI=1S/C21H14F3IO7S/c22-21(23,24)18(11-33(28,29)30)32-20(27)16-9-8-13(25)10-17(16)31-19(26)15-7-3-5-12-4-1-2-6-14(12)15/h1-10,18H,11H2,(H,28,29,30). The van der Waals surface area contributed by atoms with Gasteiger partial charge < -0.3 is 9.47 Å². The molecule has 3 aromatic rings. The summed E-state index contributed by atoms with van der Waals surface area (Å²) in [5.74, 6) is -4.71. The van der Waals surface area contributed by atoms with E-state index in [9.17, 15) is 31.2 Å². The molecule has 1 N–H and O–H groups in total. The Kier molecular flexibility index (Phi) is 7.29. The number of benzene rings is 3. The summed E-state index contributed by atoms with van der Waals surface area (Å²) < 4.78 is 80.1. The zero-order valence-corrected chi connectivity index (χ0v) is 19.3. The SMILES string of the molecule is O=C(OC(CS(=O)(=O)O)C(F)(F)F)c1ccc(I)cc1OC(=O)c1cccc2ccccc12. The molecule has 0 aliphatic heterocycles. The Bertz CT molecular complexity index is 1320. The van der Waals surface area contributed by atoms with Crippen LogP contribution in [0.4, 0.5) is 13.2 Å². The molecule has 33 heavy (non-hydrogen) atoms. The lowest BCUT2D eigenvalue weighted by Gasteiger charge is -2.20. The first kappa shape index (κ1) is 24.9. The average molecular weight is 594 g/mol. The fraction of sp³-hybridized carbons (Fsp3) is 0.143. The highest BCUT2D eigenvalue weighted by Crippen LogP contribution is 2.29. The van der Waals surface area contributed by atoms with Crippen molar-refractivity contribution in [3.63, 3.8) is 0 Å². The third-order valence-electron chi connectivity index (χ3n) is 4.35. The first-order valence-corrected chi connectivity index (χ1v) is 11.8. The molecule has 0 amide bonds. The molecule has 0 radical (unpaired) electrons. The predicted octanol–water partition coefficient (Wildman–Crippen LogP) is 4.64. The second kappa shape index (κ2) is 9.65. The number of fused-ring (bicyclic) bond motifs is 1. The van der Waals surface area contributed by atoms with Crippen LogP contribution in [0.2, 0.25) is 0 Å². The molecule has 3 aromatic carbocycles. The van der Waals surface area contributed by atoms with Crippen LogP contribution in [0.1, 0.15) is 20.7 Å². The van der Waals surface area contributed by atoms with Crippen molar-refractivity contribution < 1.29 is 45.2 Å². The zero-order valence-electron chi connectivity index (χ0n) is 16.4. The molecular weight excluding hydrogens is 580 g/mol. The molecule has 0 aliphatic carbocycles. The fourth-order valence-corrected chi connectivity index (χ4v) is 3.99. The van der Waals surface area contributed by atoms with Gasteiger partial charge in [-0.1, -0.05) is 36.4 Å². The van der Waals surface area contributed by atoms with Crippen molar-refractivity contribution in [2.24, 2.45) is 0 Å². The van der Waals surface area contributed by atoms with Crippen molar-refractivity contribution in [3.05, 3.63) is 75.4 Å². The molecule has 0 saturated carbocycles. The number of carbonyl (C=O) groups is 2. The minimum absolute atomic E-state index is 0.158. The van der Waals surface area contributed by atoms with Crippen LogP contribution in [-0.2, 0) is 14.9 Å². The molecule has 3 rings (SSSR count). The van der Waals surface area contributed by atoms with Gasteiger partial charge in [0.2, 0.25) is 6.10 Å². The second-order valence-electron chi connectivity index (χ2n) is 6.74. The lowest BCUT2D eigenvalue weighted by atomic mass is 10.0. The molecule has 0 aromatic heterocycles. The van der Waals surface area contributed by atoms with Crippen molar-refractivity contribution >= 4 is 55.4 Å². The van der Waals surface area contributed by atoms with E-state index in [2.05, 4.69) is 4.74 Å². The number of ether oxygens (including phenoxy) is 2. The highest BCUT2D eigenvalue weighted by Gasteiger charge is 2.45. The Labute approximate surface area is 199 Å². The van der Waals surface area contributed by atoms with Gasteiger partial charge in [0.15, 0.2) is 0 Å². The highest BCUT2D eigenvalue weighted by atomic mass is 127. The van der Waals surface area contributed by atoms with Gasteiger partial charge in [-0.3, -0.25) is 4.55 Å². The van der Waals surface area contributed by atoms with E-state index in [1.807, 2.05) is 22.6 Å². The summed E-state index contributed by atoms with van der Waals surface area (Å²) in [7, 11) is -5.11. The van der Waals surface area contributed by atoms with Gasteiger partial charge in [0.25, 0.3) is 10.1 Å². The molecule has 0 aliphatic rings. The number of rotatable bonds is 6. The summed E-state index contributed by atoms with van der Waals surface area (Å²) in [6.45, 7) is 0. The van der Waals surface area contributed by atoms with Crippen LogP contribution < -0.4 is 4.74 Å². The molecule has 7 nitrogen and oxygen atoms in total. The molecule has 0 heterocycles. The van der Waals surface area contributed by atoms with Gasteiger partial charge in [0.1, 0.15) is 17.1 Å². The minimum Gasteiger partial charge on any atom is -0.448 e. The van der Waals surface area contributed by atoms with Crippen molar-refractivity contribution in [3.8, 4) is 5.75 Å². The van der Waals surface area contributed by atoms with Crippen LogP contribution in [0.3, 0.4) is 0 Å². The quantitative estimate of drug-likeness (QED) is 0.192. The lowest BCUT2D eigenvalue weighted by molar-refractivity contribution is -0.197. The number of hydrogen-bond donors (Lipinski definition) is 1. The molecule has 1 atom stereocenters. The highest BCUT2D eigenvalue weighted by molar-refractivity contribution is 14.1. The number of halogens is 4. The maximum atomic E-state index is 13.1. The molecule has 12 heteroatoms. The van der Waals surface area contributed by atoms with Crippen LogP contribution in [0.25, 0.3) is 10.8 Å². The van der Waals surface area contributed by atoms with Gasteiger partial charge in [-0.25, -0.2) is 9.59 Å². The van der Waals surface area contributed by atoms with E-state index in [1.165, 1.54) is 18.2 Å². The monoisotopic (exact) mass is 594 g/mol. The summed E-state index contributed by atoms with van der Waals surface area (Å²) in [5.41, 5.74) is -0.376. The Morgan fingerprint density at radius 1 is 0.970 bits per heavy atom. The third-order valence-corrected chi connectivity index (χ3v) is 5.75. The topological polar surface area (TPSA) is 107 Å². The van der Waals surface area contributed by atoms with Crippen LogP contribution in [0.15, 0.2) is 60.7 Å². The first-order valence-electron chi connectivity index (χ1n) is 9.07. The maximum absolute atomic E-state index is 13.1. The summed E-state index contributed by atoms with van der Waals surface area (Å²) in [6.07, 6.45) is -8.39. The van der Waals surface area contributed by atoms with Gasteiger partial charge in [0.05, 0.1) is 5.56 Å². The molecule has 0 fully saturated rings. The molecule has 0 saturated heterocycles. The molecule has 0 bridgehead atoms. The van der Waals surface area contributed by atoms with Crippen molar-refractivity contribution in [1.82, 2.24) is 0 Å². The van der Waals surface area contributed by atoms with Gasteiger partial charge in [-0.15, -0.1) is 0 Å². The molecule has 174 valence electrons. The van der Waals surface area contributed by atoms with Crippen LogP contribution in [-0.4, -0.2) is 42.9 Å². The van der Waals surface area contributed by atoms with E-state index >= 15 is 0 Å². The molecular formula is C21H14F3IO7S.